The highest BCUT2D eigenvalue weighted by Crippen LogP contribution is 2.62. The Morgan fingerprint density at radius 2 is 1.96 bits per heavy atom. The van der Waals surface area contributed by atoms with Crippen LogP contribution in [0.25, 0.3) is 0 Å². The molecule has 138 valence electrons. The van der Waals surface area contributed by atoms with E-state index in [1.54, 1.807) is 6.92 Å². The van der Waals surface area contributed by atoms with Gasteiger partial charge in [-0.05, 0) is 54.9 Å². The van der Waals surface area contributed by atoms with Crippen LogP contribution in [-0.4, -0.2) is 17.3 Å². The topological polar surface area (TPSA) is 51.2 Å². The van der Waals surface area contributed by atoms with Crippen LogP contribution in [0.2, 0.25) is 0 Å². The highest BCUT2D eigenvalue weighted by atomic mass is 16.1. The summed E-state index contributed by atoms with van der Waals surface area (Å²) in [7, 11) is 0. The Hall–Kier alpha value is -1.25. The number of carbonyl (C=O) groups is 3. The first kappa shape index (κ1) is 18.5. The van der Waals surface area contributed by atoms with Crippen molar-refractivity contribution in [3.8, 4) is 0 Å². The second-order valence-corrected chi connectivity index (χ2v) is 9.23. The summed E-state index contributed by atoms with van der Waals surface area (Å²) < 4.78 is 0. The van der Waals surface area contributed by atoms with E-state index in [0.717, 1.165) is 25.7 Å². The molecule has 0 aromatic heterocycles. The van der Waals surface area contributed by atoms with E-state index in [2.05, 4.69) is 20.8 Å². The van der Waals surface area contributed by atoms with Gasteiger partial charge in [0.05, 0.1) is 0 Å². The molecule has 0 aromatic rings. The smallest absolute Gasteiger partial charge is 0.155 e. The molecule has 3 rings (SSSR count). The molecule has 3 nitrogen and oxygen atoms in total. The average molecular weight is 344 g/mol. The van der Waals surface area contributed by atoms with Crippen LogP contribution < -0.4 is 0 Å². The standard InChI is InChI=1S/C22H32O3/c1-6-18-17-8-7-15-11-16(24)9-10-21(15,4)20(17)19(25)12-22(18,5)13(2)14(3)23/h11,13,17-18,20H,6-10,12H2,1-5H3/t13-,17?,18?,20?,21+,22-/m1/s1. The van der Waals surface area contributed by atoms with Crippen LogP contribution in [-0.2, 0) is 14.4 Å². The maximum Gasteiger partial charge on any atom is 0.155 e. The summed E-state index contributed by atoms with van der Waals surface area (Å²) in [5, 5.41) is 0. The molecule has 0 heterocycles. The lowest BCUT2D eigenvalue weighted by atomic mass is 9.44. The van der Waals surface area contributed by atoms with Gasteiger partial charge in [0.15, 0.2) is 5.78 Å². The summed E-state index contributed by atoms with van der Waals surface area (Å²) in [6.07, 6.45) is 6.62. The average Bonchev–Trinajstić information content (AvgIpc) is 2.54. The van der Waals surface area contributed by atoms with E-state index < -0.39 is 0 Å². The van der Waals surface area contributed by atoms with Crippen molar-refractivity contribution in [3.63, 3.8) is 0 Å². The van der Waals surface area contributed by atoms with E-state index >= 15 is 0 Å². The first-order valence-corrected chi connectivity index (χ1v) is 9.92. The highest BCUT2D eigenvalue weighted by Gasteiger charge is 2.59. The van der Waals surface area contributed by atoms with Crippen LogP contribution in [0, 0.1) is 34.5 Å². The summed E-state index contributed by atoms with van der Waals surface area (Å²) in [4.78, 5) is 37.4. The molecule has 25 heavy (non-hydrogen) atoms. The van der Waals surface area contributed by atoms with E-state index in [1.807, 2.05) is 13.0 Å². The molecular weight excluding hydrogens is 312 g/mol. The van der Waals surface area contributed by atoms with Crippen molar-refractivity contribution in [1.82, 2.24) is 0 Å². The van der Waals surface area contributed by atoms with Gasteiger partial charge in [-0.1, -0.05) is 39.7 Å². The lowest BCUT2D eigenvalue weighted by Crippen LogP contribution is -2.57. The number of fused-ring (bicyclic) bond motifs is 3. The molecule has 0 amide bonds. The van der Waals surface area contributed by atoms with Gasteiger partial charge in [-0.25, -0.2) is 0 Å². The van der Waals surface area contributed by atoms with Crippen molar-refractivity contribution in [2.75, 3.05) is 0 Å². The molecule has 0 radical (unpaired) electrons. The van der Waals surface area contributed by atoms with E-state index in [4.69, 9.17) is 0 Å². The Balaban J connectivity index is 2.03. The fourth-order valence-electron chi connectivity index (χ4n) is 6.49. The number of Topliss-reactive ketones (excluding diaryl/α,β-unsaturated/α-hetero) is 2. The molecular formula is C22H32O3. The molecule has 3 aliphatic carbocycles. The molecule has 0 N–H and O–H groups in total. The zero-order chi connectivity index (χ0) is 18.6. The normalized spacial score (nSPS) is 42.3. The zero-order valence-corrected chi connectivity index (χ0v) is 16.4. The van der Waals surface area contributed by atoms with Gasteiger partial charge in [-0.15, -0.1) is 0 Å². The van der Waals surface area contributed by atoms with Crippen molar-refractivity contribution in [3.05, 3.63) is 11.6 Å². The molecule has 0 aliphatic heterocycles. The van der Waals surface area contributed by atoms with Crippen molar-refractivity contribution in [2.24, 2.45) is 34.5 Å². The maximum atomic E-state index is 13.4. The molecule has 2 fully saturated rings. The number of hydrogen-bond donors (Lipinski definition) is 0. The summed E-state index contributed by atoms with van der Waals surface area (Å²) >= 11 is 0. The Bertz CT molecular complexity index is 646. The molecule has 3 heteroatoms. The van der Waals surface area contributed by atoms with Gasteiger partial charge < -0.3 is 0 Å². The molecule has 3 unspecified atom stereocenters. The van der Waals surface area contributed by atoms with Crippen LogP contribution in [0.4, 0.5) is 0 Å². The quantitative estimate of drug-likeness (QED) is 0.755. The predicted molar refractivity (Wildman–Crippen MR) is 98.0 cm³/mol. The minimum absolute atomic E-state index is 0.0257. The summed E-state index contributed by atoms with van der Waals surface area (Å²) in [5.41, 5.74) is 0.819. The van der Waals surface area contributed by atoms with Gasteiger partial charge in [0.1, 0.15) is 11.6 Å². The third kappa shape index (κ3) is 2.65. The van der Waals surface area contributed by atoms with Crippen molar-refractivity contribution in [2.45, 2.75) is 73.1 Å². The molecule has 0 aromatic carbocycles. The van der Waals surface area contributed by atoms with Crippen LogP contribution in [0.5, 0.6) is 0 Å². The van der Waals surface area contributed by atoms with E-state index in [9.17, 15) is 14.4 Å². The predicted octanol–water partition coefficient (Wildman–Crippen LogP) is 4.54. The molecule has 0 saturated heterocycles. The monoisotopic (exact) mass is 344 g/mol. The highest BCUT2D eigenvalue weighted by molar-refractivity contribution is 5.93. The largest absolute Gasteiger partial charge is 0.300 e. The summed E-state index contributed by atoms with van der Waals surface area (Å²) in [6, 6.07) is 0. The van der Waals surface area contributed by atoms with E-state index in [0.29, 0.717) is 30.5 Å². The van der Waals surface area contributed by atoms with Crippen LogP contribution >= 0.6 is 0 Å². The third-order valence-corrected chi connectivity index (χ3v) is 8.13. The molecule has 3 aliphatic rings. The van der Waals surface area contributed by atoms with Crippen molar-refractivity contribution < 1.29 is 14.4 Å². The van der Waals surface area contributed by atoms with Gasteiger partial charge in [-0.2, -0.15) is 0 Å². The zero-order valence-electron chi connectivity index (χ0n) is 16.4. The fraction of sp³-hybridized carbons (Fsp3) is 0.773. The minimum Gasteiger partial charge on any atom is -0.300 e. The molecule has 2 saturated carbocycles. The number of allylic oxidation sites excluding steroid dienone is 2. The Morgan fingerprint density at radius 3 is 2.56 bits per heavy atom. The molecule has 6 atom stereocenters. The van der Waals surface area contributed by atoms with E-state index in [1.165, 1.54) is 5.57 Å². The summed E-state index contributed by atoms with van der Waals surface area (Å²) in [6.45, 7) is 10.3. The van der Waals surface area contributed by atoms with Gasteiger partial charge >= 0.3 is 0 Å². The molecule has 0 bridgehead atoms. The van der Waals surface area contributed by atoms with Crippen molar-refractivity contribution >= 4 is 17.3 Å². The SMILES string of the molecule is CCC1C2CCC3=CC(=O)CC[C@]3(C)C2C(=O)C[C@]1(C)[C@H](C)C(C)=O. The second kappa shape index (κ2) is 6.17. The Kier molecular flexibility index (Phi) is 4.58. The van der Waals surface area contributed by atoms with Crippen LogP contribution in [0.1, 0.15) is 73.1 Å². The van der Waals surface area contributed by atoms with Crippen LogP contribution in [0.3, 0.4) is 0 Å². The number of rotatable bonds is 3. The van der Waals surface area contributed by atoms with E-state index in [-0.39, 0.29) is 34.2 Å². The third-order valence-electron chi connectivity index (χ3n) is 8.13. The fourth-order valence-corrected chi connectivity index (χ4v) is 6.49. The van der Waals surface area contributed by atoms with Gasteiger partial charge in [-0.3, -0.25) is 14.4 Å². The van der Waals surface area contributed by atoms with Gasteiger partial charge in [0.2, 0.25) is 0 Å². The number of hydrogen-bond acceptors (Lipinski definition) is 3. The number of ketones is 3. The molecule has 0 spiro atoms. The Labute approximate surface area is 151 Å². The number of carbonyl (C=O) groups excluding carboxylic acids is 3. The Morgan fingerprint density at radius 1 is 1.28 bits per heavy atom. The first-order chi connectivity index (χ1) is 11.6. The van der Waals surface area contributed by atoms with Gasteiger partial charge in [0, 0.05) is 24.7 Å². The first-order valence-electron chi connectivity index (χ1n) is 9.92. The minimum atomic E-state index is -0.235. The van der Waals surface area contributed by atoms with Crippen molar-refractivity contribution in [1.29, 1.82) is 0 Å². The summed E-state index contributed by atoms with van der Waals surface area (Å²) in [5.74, 6) is 1.42. The van der Waals surface area contributed by atoms with Gasteiger partial charge in [0.25, 0.3) is 0 Å². The lowest BCUT2D eigenvalue weighted by molar-refractivity contribution is -0.152. The van der Waals surface area contributed by atoms with Crippen LogP contribution in [0.15, 0.2) is 11.6 Å². The maximum absolute atomic E-state index is 13.4. The second-order valence-electron chi connectivity index (χ2n) is 9.23. The lowest BCUT2D eigenvalue weighted by Gasteiger charge is -2.58.